The van der Waals surface area contributed by atoms with E-state index in [2.05, 4.69) is 20.7 Å². The average molecular weight is 430 g/mol. The van der Waals surface area contributed by atoms with Gasteiger partial charge in [-0.05, 0) is 24.6 Å². The molecule has 2 N–H and O–H groups in total. The maximum absolute atomic E-state index is 12.9. The number of fused-ring (bicyclic) bond motifs is 1. The lowest BCUT2D eigenvalue weighted by Crippen LogP contribution is -2.30. The number of nitrogens with one attached hydrogen (secondary N) is 2. The Morgan fingerprint density at radius 2 is 1.78 bits per heavy atom. The molecule has 2 heterocycles. The monoisotopic (exact) mass is 430 g/mol. The Labute approximate surface area is 183 Å². The van der Waals surface area contributed by atoms with Gasteiger partial charge in [-0.25, -0.2) is 4.98 Å². The molecule has 0 radical (unpaired) electrons. The summed E-state index contributed by atoms with van der Waals surface area (Å²) in [6, 6.07) is 16.1. The van der Waals surface area contributed by atoms with Crippen molar-refractivity contribution >= 4 is 28.5 Å². The van der Waals surface area contributed by atoms with Crippen molar-refractivity contribution in [2.75, 3.05) is 5.32 Å². The van der Waals surface area contributed by atoms with Crippen LogP contribution < -0.4 is 16.2 Å². The highest BCUT2D eigenvalue weighted by Crippen LogP contribution is 2.18. The first-order valence-corrected chi connectivity index (χ1v) is 10.1. The van der Waals surface area contributed by atoms with Gasteiger partial charge in [0.25, 0.3) is 11.5 Å². The summed E-state index contributed by atoms with van der Waals surface area (Å²) in [5.74, 6) is -0.763. The number of rotatable bonds is 6. The summed E-state index contributed by atoms with van der Waals surface area (Å²) in [4.78, 5) is 42.3. The Kier molecular flexibility index (Phi) is 5.80. The van der Waals surface area contributed by atoms with Crippen molar-refractivity contribution in [3.8, 4) is 0 Å². The Balaban J connectivity index is 1.49. The summed E-state index contributed by atoms with van der Waals surface area (Å²) in [5.41, 5.74) is 1.75. The molecule has 4 aromatic rings. The minimum Gasteiger partial charge on any atom is -0.345 e. The molecule has 2 amide bonds. The third-order valence-electron chi connectivity index (χ3n) is 5.13. The molecule has 0 saturated heterocycles. The topological polar surface area (TPSA) is 111 Å². The standard InChI is InChI=1S/C23H22N6O3/c1-15(16-8-4-3-5-9-16)26-22(31)17-10-6-7-11-19(17)27-20(30)13-29-14-24-21-18(23(29)32)12-25-28(21)2/h3-12,14-15H,13H2,1-2H3,(H,26,31)(H,27,30). The van der Waals surface area contributed by atoms with E-state index in [-0.39, 0.29) is 24.1 Å². The van der Waals surface area contributed by atoms with Gasteiger partial charge in [-0.2, -0.15) is 5.10 Å². The molecule has 0 spiro atoms. The molecule has 2 aromatic heterocycles. The van der Waals surface area contributed by atoms with E-state index in [4.69, 9.17) is 0 Å². The van der Waals surface area contributed by atoms with Gasteiger partial charge in [0.1, 0.15) is 18.3 Å². The summed E-state index contributed by atoms with van der Waals surface area (Å²) in [7, 11) is 1.69. The van der Waals surface area contributed by atoms with Crippen molar-refractivity contribution in [2.45, 2.75) is 19.5 Å². The van der Waals surface area contributed by atoms with Crippen LogP contribution >= 0.6 is 0 Å². The minimum absolute atomic E-state index is 0.205. The van der Waals surface area contributed by atoms with Crippen molar-refractivity contribution in [3.05, 3.63) is 88.6 Å². The lowest BCUT2D eigenvalue weighted by molar-refractivity contribution is -0.116. The lowest BCUT2D eigenvalue weighted by Gasteiger charge is -2.16. The number of amides is 2. The van der Waals surface area contributed by atoms with Crippen molar-refractivity contribution in [1.82, 2.24) is 24.6 Å². The molecular formula is C23H22N6O3. The molecule has 1 unspecified atom stereocenters. The largest absolute Gasteiger partial charge is 0.345 e. The van der Waals surface area contributed by atoms with Crippen LogP contribution in [0, 0.1) is 0 Å². The first kappa shape index (κ1) is 21.0. The molecule has 9 nitrogen and oxygen atoms in total. The molecule has 0 fully saturated rings. The van der Waals surface area contributed by atoms with E-state index in [0.29, 0.717) is 22.3 Å². The Bertz CT molecular complexity index is 1340. The Morgan fingerprint density at radius 1 is 1.06 bits per heavy atom. The van der Waals surface area contributed by atoms with E-state index < -0.39 is 5.91 Å². The van der Waals surface area contributed by atoms with Crippen LogP contribution in [-0.2, 0) is 18.4 Å². The first-order valence-electron chi connectivity index (χ1n) is 10.1. The summed E-state index contributed by atoms with van der Waals surface area (Å²) >= 11 is 0. The van der Waals surface area contributed by atoms with E-state index in [1.54, 1.807) is 31.3 Å². The minimum atomic E-state index is -0.450. The Morgan fingerprint density at radius 3 is 2.56 bits per heavy atom. The second-order valence-corrected chi connectivity index (χ2v) is 7.38. The zero-order chi connectivity index (χ0) is 22.7. The van der Waals surface area contributed by atoms with E-state index in [1.807, 2.05) is 37.3 Å². The van der Waals surface area contributed by atoms with Gasteiger partial charge in [0.05, 0.1) is 23.5 Å². The van der Waals surface area contributed by atoms with Gasteiger partial charge >= 0.3 is 0 Å². The number of carbonyl (C=O) groups is 2. The maximum Gasteiger partial charge on any atom is 0.264 e. The molecule has 0 bridgehead atoms. The van der Waals surface area contributed by atoms with Crippen LogP contribution in [0.4, 0.5) is 5.69 Å². The zero-order valence-electron chi connectivity index (χ0n) is 17.6. The van der Waals surface area contributed by atoms with E-state index in [0.717, 1.165) is 5.56 Å². The van der Waals surface area contributed by atoms with Crippen LogP contribution in [0.3, 0.4) is 0 Å². The quantitative estimate of drug-likeness (QED) is 0.487. The van der Waals surface area contributed by atoms with Crippen LogP contribution in [0.15, 0.2) is 71.9 Å². The van der Waals surface area contributed by atoms with Crippen LogP contribution in [0.2, 0.25) is 0 Å². The van der Waals surface area contributed by atoms with E-state index in [1.165, 1.54) is 21.8 Å². The van der Waals surface area contributed by atoms with Gasteiger partial charge in [-0.1, -0.05) is 42.5 Å². The summed E-state index contributed by atoms with van der Waals surface area (Å²) in [6.07, 6.45) is 2.73. The molecule has 0 saturated carbocycles. The molecule has 1 atom stereocenters. The first-order chi connectivity index (χ1) is 15.4. The number of aryl methyl sites for hydroxylation is 1. The van der Waals surface area contributed by atoms with Gasteiger partial charge < -0.3 is 10.6 Å². The van der Waals surface area contributed by atoms with Crippen LogP contribution in [0.1, 0.15) is 28.9 Å². The van der Waals surface area contributed by atoms with Gasteiger partial charge in [0, 0.05) is 7.05 Å². The zero-order valence-corrected chi connectivity index (χ0v) is 17.6. The number of benzene rings is 2. The number of hydrogen-bond acceptors (Lipinski definition) is 5. The van der Waals surface area contributed by atoms with Crippen molar-refractivity contribution in [1.29, 1.82) is 0 Å². The SMILES string of the molecule is CC(NC(=O)c1ccccc1NC(=O)Cn1cnc2c(cnn2C)c1=O)c1ccccc1. The van der Waals surface area contributed by atoms with Crippen molar-refractivity contribution < 1.29 is 9.59 Å². The number of hydrogen-bond donors (Lipinski definition) is 2. The lowest BCUT2D eigenvalue weighted by atomic mass is 10.1. The molecular weight excluding hydrogens is 408 g/mol. The fourth-order valence-electron chi connectivity index (χ4n) is 3.41. The highest BCUT2D eigenvalue weighted by atomic mass is 16.2. The van der Waals surface area contributed by atoms with Gasteiger partial charge in [-0.3, -0.25) is 23.6 Å². The molecule has 162 valence electrons. The maximum atomic E-state index is 12.9. The van der Waals surface area contributed by atoms with Crippen LogP contribution in [0.5, 0.6) is 0 Å². The molecule has 2 aromatic carbocycles. The number of para-hydroxylation sites is 1. The second-order valence-electron chi connectivity index (χ2n) is 7.38. The third kappa shape index (κ3) is 4.27. The molecule has 0 aliphatic carbocycles. The van der Waals surface area contributed by atoms with Crippen molar-refractivity contribution in [2.24, 2.45) is 7.05 Å². The summed E-state index contributed by atoms with van der Waals surface area (Å²) in [6.45, 7) is 1.65. The molecule has 4 rings (SSSR count). The number of anilines is 1. The third-order valence-corrected chi connectivity index (χ3v) is 5.13. The number of carbonyl (C=O) groups excluding carboxylic acids is 2. The highest BCUT2D eigenvalue weighted by Gasteiger charge is 2.17. The second kappa shape index (κ2) is 8.84. The van der Waals surface area contributed by atoms with Crippen LogP contribution in [-0.4, -0.2) is 31.1 Å². The van der Waals surface area contributed by atoms with E-state index in [9.17, 15) is 14.4 Å². The van der Waals surface area contributed by atoms with Crippen LogP contribution in [0.25, 0.3) is 11.0 Å². The summed E-state index contributed by atoms with van der Waals surface area (Å²) in [5, 5.41) is 10.0. The Hall–Kier alpha value is -4.27. The van der Waals surface area contributed by atoms with E-state index >= 15 is 0 Å². The van der Waals surface area contributed by atoms with Gasteiger partial charge in [0.2, 0.25) is 5.91 Å². The smallest absolute Gasteiger partial charge is 0.264 e. The number of nitrogens with zero attached hydrogens (tertiary/aromatic N) is 4. The normalized spacial score (nSPS) is 11.8. The number of aromatic nitrogens is 4. The van der Waals surface area contributed by atoms with Crippen molar-refractivity contribution in [3.63, 3.8) is 0 Å². The molecule has 0 aliphatic heterocycles. The average Bonchev–Trinajstić information content (AvgIpc) is 3.18. The molecule has 32 heavy (non-hydrogen) atoms. The fourth-order valence-corrected chi connectivity index (χ4v) is 3.41. The highest BCUT2D eigenvalue weighted by molar-refractivity contribution is 6.03. The molecule has 0 aliphatic rings. The molecule has 9 heteroatoms. The predicted octanol–water partition coefficient (Wildman–Crippen LogP) is 2.26. The fraction of sp³-hybridized carbons (Fsp3) is 0.174. The van der Waals surface area contributed by atoms with Gasteiger partial charge in [0.15, 0.2) is 5.65 Å². The predicted molar refractivity (Wildman–Crippen MR) is 120 cm³/mol. The summed E-state index contributed by atoms with van der Waals surface area (Å²) < 4.78 is 2.70. The van der Waals surface area contributed by atoms with Gasteiger partial charge in [-0.15, -0.1) is 0 Å².